The number of nitrogens with zero attached hydrogens (tertiary/aromatic N) is 3. The molecule has 0 amide bonds. The van der Waals surface area contributed by atoms with Gasteiger partial charge in [0.1, 0.15) is 29.7 Å². The molecule has 6 N–H and O–H groups in total. The Kier molecular flexibility index (Phi) is 4.43. The molecule has 12 nitrogen and oxygen atoms in total. The van der Waals surface area contributed by atoms with Crippen molar-refractivity contribution >= 4 is 29.7 Å². The van der Waals surface area contributed by atoms with Gasteiger partial charge in [0.05, 0.1) is 12.9 Å². The average molecular weight is 394 g/mol. The molecule has 0 spiro atoms. The summed E-state index contributed by atoms with van der Waals surface area (Å²) >= 11 is 4.35. The van der Waals surface area contributed by atoms with Crippen LogP contribution in [0.1, 0.15) is 0 Å². The largest absolute Gasteiger partial charge is 0.387 e. The van der Waals surface area contributed by atoms with Gasteiger partial charge in [0.2, 0.25) is 0 Å². The molecule has 2 aromatic rings. The summed E-state index contributed by atoms with van der Waals surface area (Å²) in [6, 6.07) is 0. The van der Waals surface area contributed by atoms with E-state index in [4.69, 9.17) is 30.6 Å². The van der Waals surface area contributed by atoms with Crippen molar-refractivity contribution in [3.05, 3.63) is 18.1 Å². The normalized spacial score (nSPS) is 30.8. The van der Waals surface area contributed by atoms with E-state index in [0.29, 0.717) is 0 Å². The number of methoxy groups -OCH3 is 1. The van der Waals surface area contributed by atoms with Gasteiger partial charge in [0, 0.05) is 7.11 Å². The number of aliphatic hydroxyl groups excluding tert-OH is 2. The molecule has 1 aliphatic rings. The van der Waals surface area contributed by atoms with Crippen LogP contribution in [0.2, 0.25) is 1.41 Å². The third-order valence-corrected chi connectivity index (χ3v) is 4.57. The molecule has 0 aliphatic carbocycles. The Hall–Kier alpha value is -1.28. The number of H-pyrrole nitrogens is 1. The first-order valence-corrected chi connectivity index (χ1v) is 9.51. The minimum atomic E-state index is -3.99. The highest BCUT2D eigenvalue weighted by Crippen LogP contribution is 2.41. The second-order valence-electron chi connectivity index (χ2n) is 5.22. The van der Waals surface area contributed by atoms with Gasteiger partial charge in [-0.1, -0.05) is 0 Å². The van der Waals surface area contributed by atoms with Crippen molar-refractivity contribution in [1.82, 2.24) is 19.5 Å². The predicted molar refractivity (Wildman–Crippen MR) is 84.3 cm³/mol. The Labute approximate surface area is 146 Å². The SMILES string of the molecule is [2H]n1cnc(=N)c2ncn([C@]3(OC)O[C@H](COP(O)(O)=S)[C@@H](O)[C@H]3O)c21. The van der Waals surface area contributed by atoms with Crippen LogP contribution in [0.3, 0.4) is 0 Å². The maximum absolute atomic E-state index is 10.5. The lowest BCUT2D eigenvalue weighted by Gasteiger charge is -2.31. The lowest BCUT2D eigenvalue weighted by molar-refractivity contribution is -0.301. The Morgan fingerprint density at radius 1 is 1.56 bits per heavy atom. The number of aromatic nitrogens is 4. The summed E-state index contributed by atoms with van der Waals surface area (Å²) < 4.78 is 24.7. The van der Waals surface area contributed by atoms with Crippen molar-refractivity contribution in [2.24, 2.45) is 0 Å². The highest BCUT2D eigenvalue weighted by Gasteiger charge is 2.57. The predicted octanol–water partition coefficient (Wildman–Crippen LogP) is -2.16. The Morgan fingerprint density at radius 2 is 2.28 bits per heavy atom. The van der Waals surface area contributed by atoms with Gasteiger partial charge in [-0.15, -0.1) is 0 Å². The first-order chi connectivity index (χ1) is 12.1. The van der Waals surface area contributed by atoms with Crippen LogP contribution in [-0.4, -0.2) is 71.5 Å². The van der Waals surface area contributed by atoms with Crippen LogP contribution in [0.25, 0.3) is 11.2 Å². The quantitative estimate of drug-likeness (QED) is 0.306. The van der Waals surface area contributed by atoms with Crippen molar-refractivity contribution in [3.63, 3.8) is 0 Å². The van der Waals surface area contributed by atoms with E-state index in [-0.39, 0.29) is 16.7 Å². The summed E-state index contributed by atoms with van der Waals surface area (Å²) in [6.45, 7) is -4.52. The number of aromatic amines is 1. The molecular formula is C11H16N5O7PS. The van der Waals surface area contributed by atoms with Crippen LogP contribution >= 0.6 is 6.72 Å². The van der Waals surface area contributed by atoms with Crippen molar-refractivity contribution in [3.8, 4) is 0 Å². The number of hydrogen-bond acceptors (Lipinski definition) is 9. The summed E-state index contributed by atoms with van der Waals surface area (Å²) in [6.07, 6.45) is -2.19. The van der Waals surface area contributed by atoms with Crippen molar-refractivity contribution in [2.45, 2.75) is 24.2 Å². The van der Waals surface area contributed by atoms with Crippen LogP contribution in [0.15, 0.2) is 12.7 Å². The van der Waals surface area contributed by atoms with E-state index < -0.39 is 37.5 Å². The maximum Gasteiger partial charge on any atom is 0.321 e. The van der Waals surface area contributed by atoms with Crippen LogP contribution < -0.4 is 5.49 Å². The van der Waals surface area contributed by atoms with Gasteiger partial charge in [-0.3, -0.25) is 9.98 Å². The molecule has 1 saturated heterocycles. The fourth-order valence-electron chi connectivity index (χ4n) is 2.61. The summed E-state index contributed by atoms with van der Waals surface area (Å²) in [4.78, 5) is 26.8. The highest BCUT2D eigenvalue weighted by molar-refractivity contribution is 8.06. The number of imidazole rings is 1. The van der Waals surface area contributed by atoms with E-state index >= 15 is 0 Å². The smallest absolute Gasteiger partial charge is 0.321 e. The van der Waals surface area contributed by atoms with E-state index in [0.717, 1.165) is 15.9 Å². The van der Waals surface area contributed by atoms with Gasteiger partial charge < -0.3 is 39.0 Å². The number of nitrogens with one attached hydrogen (secondary N) is 2. The average Bonchev–Trinajstić information content (AvgIpc) is 3.12. The third kappa shape index (κ3) is 3.14. The lowest BCUT2D eigenvalue weighted by Crippen LogP contribution is -2.47. The van der Waals surface area contributed by atoms with E-state index in [1.165, 1.54) is 13.4 Å². The zero-order valence-electron chi connectivity index (χ0n) is 13.8. The first kappa shape index (κ1) is 17.1. The maximum atomic E-state index is 10.5. The van der Waals surface area contributed by atoms with Crippen molar-refractivity contribution in [1.29, 1.82) is 5.41 Å². The standard InChI is InChI=1S/C11H16N5O7PS/c1-21-11(16-4-15-6-9(12)13-3-14-10(6)16)8(18)7(17)5(23-11)2-22-24(19,20)25/h3-5,7-8,17-18H,2H2,1H3,(H2,12,13,14)(H2,19,20,25)/t5-,7-,8-,11-/m1/s1/i/hD. The summed E-state index contributed by atoms with van der Waals surface area (Å²) in [5, 5.41) is 28.5. The third-order valence-electron chi connectivity index (χ3n) is 3.77. The number of ether oxygens (including phenoxy) is 2. The minimum Gasteiger partial charge on any atom is -0.387 e. The van der Waals surface area contributed by atoms with Gasteiger partial charge in [-0.25, -0.2) is 9.97 Å². The highest BCUT2D eigenvalue weighted by atomic mass is 32.5. The molecule has 0 radical (unpaired) electrons. The van der Waals surface area contributed by atoms with E-state index in [1.54, 1.807) is 0 Å². The zero-order valence-corrected chi connectivity index (χ0v) is 14.5. The summed E-state index contributed by atoms with van der Waals surface area (Å²) in [5.41, 5.74) is -0.137. The monoisotopic (exact) mass is 394 g/mol. The Balaban J connectivity index is 2.06. The summed E-state index contributed by atoms with van der Waals surface area (Å²) in [5.74, 6) is -2.01. The van der Waals surface area contributed by atoms with Gasteiger partial charge in [0.15, 0.2) is 13.0 Å². The molecule has 2 aromatic heterocycles. The van der Waals surface area contributed by atoms with E-state index in [1.807, 2.05) is 0 Å². The van der Waals surface area contributed by atoms with E-state index in [2.05, 4.69) is 21.8 Å². The van der Waals surface area contributed by atoms with Gasteiger partial charge >= 0.3 is 6.72 Å². The Morgan fingerprint density at radius 3 is 2.92 bits per heavy atom. The molecule has 138 valence electrons. The fourth-order valence-corrected chi connectivity index (χ4v) is 3.13. The lowest BCUT2D eigenvalue weighted by atomic mass is 10.1. The second-order valence-corrected chi connectivity index (χ2v) is 7.89. The molecule has 25 heavy (non-hydrogen) atoms. The molecule has 1 aliphatic heterocycles. The molecule has 3 heterocycles. The van der Waals surface area contributed by atoms with E-state index in [9.17, 15) is 10.2 Å². The topological polar surface area (TPSA) is 179 Å². The zero-order chi connectivity index (χ0) is 19.3. The summed E-state index contributed by atoms with van der Waals surface area (Å²) in [7, 11) is 1.20. The molecule has 0 bridgehead atoms. The number of aliphatic hydroxyl groups is 2. The number of hydrogen-bond donors (Lipinski definition) is 6. The number of fused-ring (bicyclic) bond motifs is 1. The molecule has 0 aromatic carbocycles. The van der Waals surface area contributed by atoms with Gasteiger partial charge in [-0.05, 0) is 11.8 Å². The van der Waals surface area contributed by atoms with Crippen molar-refractivity contribution < 1.29 is 35.4 Å². The first-order valence-electron chi connectivity index (χ1n) is 7.33. The molecule has 1 fully saturated rings. The molecule has 0 unspecified atom stereocenters. The minimum absolute atomic E-state index is 0.0223. The molecular weight excluding hydrogens is 377 g/mol. The van der Waals surface area contributed by atoms with Crippen molar-refractivity contribution in [2.75, 3.05) is 13.7 Å². The molecule has 0 saturated carbocycles. The molecule has 14 heteroatoms. The van der Waals surface area contributed by atoms with Crippen LogP contribution in [-0.2, 0) is 31.7 Å². The van der Waals surface area contributed by atoms with Crippen LogP contribution in [0.5, 0.6) is 0 Å². The molecule has 3 rings (SSSR count). The fraction of sp³-hybridized carbons (Fsp3) is 0.545. The van der Waals surface area contributed by atoms with Crippen LogP contribution in [0.4, 0.5) is 0 Å². The van der Waals surface area contributed by atoms with Gasteiger partial charge in [0.25, 0.3) is 5.91 Å². The molecule has 4 atom stereocenters. The Bertz CT molecular complexity index is 933. The second kappa shape index (κ2) is 6.46. The van der Waals surface area contributed by atoms with Gasteiger partial charge in [-0.2, -0.15) is 0 Å². The van der Waals surface area contributed by atoms with Crippen LogP contribution in [0, 0.1) is 5.41 Å². The number of rotatable bonds is 5.